The molecule has 0 aliphatic carbocycles. The van der Waals surface area contributed by atoms with Crippen molar-refractivity contribution in [2.24, 2.45) is 0 Å². The van der Waals surface area contributed by atoms with E-state index in [0.29, 0.717) is 12.1 Å². The Morgan fingerprint density at radius 3 is 2.58 bits per heavy atom. The van der Waals surface area contributed by atoms with E-state index >= 15 is 0 Å². The van der Waals surface area contributed by atoms with Crippen LogP contribution in [0, 0.1) is 0 Å². The second kappa shape index (κ2) is 9.03. The Morgan fingerprint density at radius 1 is 1.12 bits per heavy atom. The number of carbonyl (C=O) groups excluding carboxylic acids is 1. The van der Waals surface area contributed by atoms with Gasteiger partial charge in [-0.3, -0.25) is 4.79 Å². The Hall–Kier alpha value is -2.40. The lowest BCUT2D eigenvalue weighted by molar-refractivity contribution is 0.0952. The van der Waals surface area contributed by atoms with Crippen LogP contribution < -0.4 is 10.2 Å². The first-order valence-electron chi connectivity index (χ1n) is 8.20. The molecule has 128 valence electrons. The third-order valence-electron chi connectivity index (χ3n) is 3.73. The molecule has 0 atom stereocenters. The summed E-state index contributed by atoms with van der Waals surface area (Å²) in [6.07, 6.45) is 2.62. The van der Waals surface area contributed by atoms with Gasteiger partial charge in [0.1, 0.15) is 5.82 Å². The molecule has 1 N–H and O–H groups in total. The second-order valence-electron chi connectivity index (χ2n) is 6.16. The monoisotopic (exact) mass is 326 g/mol. The molecule has 1 aromatic carbocycles. The lowest BCUT2D eigenvalue weighted by atomic mass is 10.2. The summed E-state index contributed by atoms with van der Waals surface area (Å²) in [5.41, 5.74) is 1.85. The number of rotatable bonds is 8. The van der Waals surface area contributed by atoms with E-state index in [2.05, 4.69) is 27.3 Å². The van der Waals surface area contributed by atoms with Gasteiger partial charge in [-0.05, 0) is 44.8 Å². The zero-order valence-electron chi connectivity index (χ0n) is 14.7. The summed E-state index contributed by atoms with van der Waals surface area (Å²) >= 11 is 0. The molecule has 0 bridgehead atoms. The molecule has 0 fully saturated rings. The van der Waals surface area contributed by atoms with Gasteiger partial charge in [-0.25, -0.2) is 4.98 Å². The average molecular weight is 326 g/mol. The summed E-state index contributed by atoms with van der Waals surface area (Å²) in [7, 11) is 6.03. The maximum absolute atomic E-state index is 12.3. The molecular formula is C19H26N4O. The highest BCUT2D eigenvalue weighted by molar-refractivity contribution is 5.94. The molecule has 0 saturated carbocycles. The minimum Gasteiger partial charge on any atom is -0.355 e. The first-order chi connectivity index (χ1) is 11.6. The van der Waals surface area contributed by atoms with Crippen LogP contribution in [-0.4, -0.2) is 50.0 Å². The number of nitrogens with one attached hydrogen (secondary N) is 1. The van der Waals surface area contributed by atoms with E-state index in [4.69, 9.17) is 0 Å². The SMILES string of the molecule is CN(C)CCCNC(=O)c1ccnc(N(C)Cc2ccccc2)c1. The average Bonchev–Trinajstić information content (AvgIpc) is 2.59. The number of hydrogen-bond acceptors (Lipinski definition) is 4. The minimum absolute atomic E-state index is 0.0504. The summed E-state index contributed by atoms with van der Waals surface area (Å²) in [5.74, 6) is 0.741. The van der Waals surface area contributed by atoms with Crippen molar-refractivity contribution < 1.29 is 4.79 Å². The van der Waals surface area contributed by atoms with Crippen molar-refractivity contribution in [3.05, 3.63) is 59.8 Å². The van der Waals surface area contributed by atoms with Crippen LogP contribution in [0.25, 0.3) is 0 Å². The molecule has 0 unspecified atom stereocenters. The summed E-state index contributed by atoms with van der Waals surface area (Å²) in [5, 5.41) is 2.96. The number of carbonyl (C=O) groups is 1. The number of amides is 1. The highest BCUT2D eigenvalue weighted by Gasteiger charge is 2.09. The standard InChI is InChI=1S/C19H26N4O/c1-22(2)13-7-11-21-19(24)17-10-12-20-18(14-17)23(3)15-16-8-5-4-6-9-16/h4-6,8-10,12,14H,7,11,13,15H2,1-3H3,(H,21,24). The smallest absolute Gasteiger partial charge is 0.251 e. The first kappa shape index (κ1) is 17.9. The number of benzene rings is 1. The molecule has 24 heavy (non-hydrogen) atoms. The van der Waals surface area contributed by atoms with Crippen LogP contribution in [0.1, 0.15) is 22.3 Å². The van der Waals surface area contributed by atoms with Crippen LogP contribution in [0.5, 0.6) is 0 Å². The Balaban J connectivity index is 1.93. The lowest BCUT2D eigenvalue weighted by Crippen LogP contribution is -2.27. The van der Waals surface area contributed by atoms with E-state index in [-0.39, 0.29) is 5.91 Å². The molecule has 0 aliphatic rings. The summed E-state index contributed by atoms with van der Waals surface area (Å²) in [6, 6.07) is 13.8. The van der Waals surface area contributed by atoms with Gasteiger partial charge in [-0.2, -0.15) is 0 Å². The molecule has 5 heteroatoms. The topological polar surface area (TPSA) is 48.5 Å². The van der Waals surface area contributed by atoms with Gasteiger partial charge in [0.25, 0.3) is 5.91 Å². The fourth-order valence-corrected chi connectivity index (χ4v) is 2.41. The van der Waals surface area contributed by atoms with Crippen LogP contribution in [-0.2, 0) is 6.54 Å². The summed E-state index contributed by atoms with van der Waals surface area (Å²) < 4.78 is 0. The predicted molar refractivity (Wildman–Crippen MR) is 98.3 cm³/mol. The normalized spacial score (nSPS) is 10.7. The second-order valence-corrected chi connectivity index (χ2v) is 6.16. The molecule has 5 nitrogen and oxygen atoms in total. The van der Waals surface area contributed by atoms with Crippen molar-refractivity contribution in [2.45, 2.75) is 13.0 Å². The van der Waals surface area contributed by atoms with E-state index in [1.165, 1.54) is 5.56 Å². The Kier molecular flexibility index (Phi) is 6.75. The molecule has 0 aliphatic heterocycles. The van der Waals surface area contributed by atoms with Crippen molar-refractivity contribution in [3.63, 3.8) is 0 Å². The van der Waals surface area contributed by atoms with Crippen LogP contribution in [0.3, 0.4) is 0 Å². The predicted octanol–water partition coefficient (Wildman–Crippen LogP) is 2.40. The van der Waals surface area contributed by atoms with E-state index in [0.717, 1.165) is 25.3 Å². The fourth-order valence-electron chi connectivity index (χ4n) is 2.41. The van der Waals surface area contributed by atoms with Crippen molar-refractivity contribution in [1.29, 1.82) is 0 Å². The number of aromatic nitrogens is 1. The highest BCUT2D eigenvalue weighted by Crippen LogP contribution is 2.14. The molecular weight excluding hydrogens is 300 g/mol. The Morgan fingerprint density at radius 2 is 1.88 bits per heavy atom. The minimum atomic E-state index is -0.0504. The van der Waals surface area contributed by atoms with Crippen molar-refractivity contribution in [2.75, 3.05) is 39.1 Å². The van der Waals surface area contributed by atoms with Gasteiger partial charge in [-0.1, -0.05) is 30.3 Å². The maximum atomic E-state index is 12.3. The van der Waals surface area contributed by atoms with Gasteiger partial charge in [0.15, 0.2) is 0 Å². The first-order valence-corrected chi connectivity index (χ1v) is 8.20. The molecule has 0 saturated heterocycles. The lowest BCUT2D eigenvalue weighted by Gasteiger charge is -2.18. The molecule has 0 spiro atoms. The van der Waals surface area contributed by atoms with Crippen LogP contribution >= 0.6 is 0 Å². The fraction of sp³-hybridized carbons (Fsp3) is 0.368. The van der Waals surface area contributed by atoms with E-state index in [1.54, 1.807) is 12.3 Å². The van der Waals surface area contributed by atoms with Gasteiger partial charge in [0.05, 0.1) is 0 Å². The molecule has 0 radical (unpaired) electrons. The highest BCUT2D eigenvalue weighted by atomic mass is 16.1. The molecule has 2 aromatic rings. The van der Waals surface area contributed by atoms with Gasteiger partial charge < -0.3 is 15.1 Å². The van der Waals surface area contributed by atoms with Gasteiger partial charge in [0, 0.05) is 31.9 Å². The molecule has 1 amide bonds. The van der Waals surface area contributed by atoms with Crippen LogP contribution in [0.4, 0.5) is 5.82 Å². The zero-order chi connectivity index (χ0) is 17.4. The van der Waals surface area contributed by atoms with Gasteiger partial charge in [-0.15, -0.1) is 0 Å². The third-order valence-corrected chi connectivity index (χ3v) is 3.73. The van der Waals surface area contributed by atoms with Crippen molar-refractivity contribution in [1.82, 2.24) is 15.2 Å². The quantitative estimate of drug-likeness (QED) is 0.757. The number of anilines is 1. The third kappa shape index (κ3) is 5.66. The Bertz CT molecular complexity index is 643. The van der Waals surface area contributed by atoms with Crippen molar-refractivity contribution >= 4 is 11.7 Å². The molecule has 2 rings (SSSR count). The van der Waals surface area contributed by atoms with Crippen LogP contribution in [0.15, 0.2) is 48.7 Å². The molecule has 1 heterocycles. The summed E-state index contributed by atoms with van der Waals surface area (Å²) in [4.78, 5) is 20.8. The van der Waals surface area contributed by atoms with Crippen molar-refractivity contribution in [3.8, 4) is 0 Å². The van der Waals surface area contributed by atoms with E-state index < -0.39 is 0 Å². The van der Waals surface area contributed by atoms with Gasteiger partial charge >= 0.3 is 0 Å². The largest absolute Gasteiger partial charge is 0.355 e. The number of hydrogen-bond donors (Lipinski definition) is 1. The molecule has 1 aromatic heterocycles. The maximum Gasteiger partial charge on any atom is 0.251 e. The number of pyridine rings is 1. The zero-order valence-corrected chi connectivity index (χ0v) is 14.7. The number of nitrogens with zero attached hydrogens (tertiary/aromatic N) is 3. The Labute approximate surface area is 144 Å². The summed E-state index contributed by atoms with van der Waals surface area (Å²) in [6.45, 7) is 2.39. The van der Waals surface area contributed by atoms with E-state index in [1.807, 2.05) is 50.3 Å². The van der Waals surface area contributed by atoms with Gasteiger partial charge in [0.2, 0.25) is 0 Å². The van der Waals surface area contributed by atoms with Crippen LogP contribution in [0.2, 0.25) is 0 Å². The van der Waals surface area contributed by atoms with E-state index in [9.17, 15) is 4.79 Å².